The molecule has 1 aliphatic rings. The minimum absolute atomic E-state index is 0.0105. The number of aliphatic hydroxyl groups excluding tert-OH is 2. The summed E-state index contributed by atoms with van der Waals surface area (Å²) in [6.45, 7) is 46.3. The molecule has 1 saturated heterocycles. The molecule has 0 aromatic heterocycles. The first-order valence-electron chi connectivity index (χ1n) is 51.7. The van der Waals surface area contributed by atoms with Crippen LogP contribution in [0.3, 0.4) is 0 Å². The van der Waals surface area contributed by atoms with E-state index >= 15 is 0 Å². The second-order valence-corrected chi connectivity index (χ2v) is 48.8. The summed E-state index contributed by atoms with van der Waals surface area (Å²) in [4.78, 5) is 60.3. The van der Waals surface area contributed by atoms with E-state index in [-0.39, 0.29) is 49.6 Å². The van der Waals surface area contributed by atoms with Crippen LogP contribution in [-0.2, 0) is 108 Å². The molecule has 1 aliphatic heterocycles. The maximum Gasteiger partial charge on any atom is 0.501 e. The molecule has 9 rings (SSSR count). The number of nitrogens with zero attached hydrogens (tertiary/aromatic N) is 1. The number of fused-ring (bicyclic) bond motifs is 4. The predicted octanol–water partition coefficient (Wildman–Crippen LogP) is 21.9. The normalized spacial score (nSPS) is 12.7. The van der Waals surface area contributed by atoms with Crippen LogP contribution in [0.1, 0.15) is 224 Å². The molecule has 2 N–H and O–H groups in total. The first kappa shape index (κ1) is 132. The molecular formula is C107H168ClNO30Si6. The van der Waals surface area contributed by atoms with E-state index in [2.05, 4.69) is 4.74 Å². The summed E-state index contributed by atoms with van der Waals surface area (Å²) in [5, 5.41) is 35.6. The van der Waals surface area contributed by atoms with Gasteiger partial charge < -0.3 is 114 Å². The second kappa shape index (κ2) is 78.9. The van der Waals surface area contributed by atoms with Crippen molar-refractivity contribution in [1.82, 2.24) is 0 Å². The van der Waals surface area contributed by atoms with Crippen LogP contribution in [0, 0.1) is 11.5 Å². The molecule has 1 fully saturated rings. The molecule has 8 aromatic rings. The van der Waals surface area contributed by atoms with Gasteiger partial charge in [-0.25, -0.2) is 4.79 Å². The number of unbranched alkanes of at least 4 members (excludes halogenated alkanes) is 1. The summed E-state index contributed by atoms with van der Waals surface area (Å²) >= 11 is 5.66. The van der Waals surface area contributed by atoms with Gasteiger partial charge in [-0.05, 0) is 249 Å². The van der Waals surface area contributed by atoms with Crippen molar-refractivity contribution in [2.24, 2.45) is 0 Å². The van der Waals surface area contributed by atoms with Crippen LogP contribution in [0.15, 0.2) is 170 Å². The third-order valence-electron chi connectivity index (χ3n) is 21.4. The van der Waals surface area contributed by atoms with Gasteiger partial charge in [0.25, 0.3) is 6.26 Å². The number of halogens is 1. The number of rotatable bonds is 70. The highest BCUT2D eigenvalue weighted by atomic mass is 35.5. The number of carbonyl (C=O) groups is 5. The Hall–Kier alpha value is -7.25. The Balaban J connectivity index is 0.000000444. The van der Waals surface area contributed by atoms with E-state index in [0.29, 0.717) is 210 Å². The van der Waals surface area contributed by atoms with Crippen LogP contribution < -0.4 is 0 Å². The molecule has 0 radical (unpaired) electrons. The van der Waals surface area contributed by atoms with Crippen LogP contribution >= 0.6 is 11.6 Å². The molecule has 0 aliphatic carbocycles. The highest BCUT2D eigenvalue weighted by Crippen LogP contribution is 2.29. The standard InChI is InChI=1S/C23H32O6Si.C21H30O6Si.C21H30O5Si.C12H10O2.C11H24O4Si.C10H21NO4Si.C9H21ClO3Si/c1-4-27-30(28-5-2,29-6-3)16-10-9-13-23(25)26-18-22(24)21-15-14-19-11-7-8-12-20(19)17-21;1-4-25-28(26-5-2,27-6-3)14-13-20(22)16-24-21(23)19-12-11-17-9-7-8-10-18(17)15-19;1-4-24-27(25-5-2,26-6-3)15-9-14-23-17-21(22)20-13-12-18-10-7-8-11-19(18)16-20;13-8-12(14)11-6-5-9-3-1-2-4-10(9)7-11;1-4-13-16(14-5-2,15-6-3)9-7-8-11-10-12-11;1-4-13-16(14-5-2,15-6-3)9-7-8-12-10-11;1-4-11-14(12-5-2,13-6-3)9-7-8-10/h7-8,11-12,14-15,17H,4-6,9-10,13,16,18H2,1-3H3;7-12,15,20,22H,4-6,13-14,16H2,1-3H3;7-8,10-13,16H,4-6,9,14-15,17H2,1-3H3;1-7,13H,8H2;11H,4-10H2,1-3H3;4-9H2,1-3H3;4-9H2,1-3H3. The fraction of sp³-hybridized carbons (Fsp3) is 0.570. The first-order chi connectivity index (χ1) is 70.3. The SMILES string of the molecule is CCO[Si](CCC(O)COC(=O)c1ccc2ccccc2c1)(OCC)OCC.CCO[Si](CCCC1CO1)(OCC)OCC.CCO[Si](CCCCC(=O)OCC(=O)c1ccc2ccccc2c1)(OCC)OCC.CCO[Si](CCCCl)(OCC)OCC.CCO[Si](CCCOC#N)(OCC)OCC.CCO[Si](CCCOCC(=O)c1ccc2ccccc2c1)(OCC)OCC.O=C(CO)c1ccc2ccccc2c1. The summed E-state index contributed by atoms with van der Waals surface area (Å²) in [6, 6.07) is 57.7. The largest absolute Gasteiger partial charge is 0.501 e. The van der Waals surface area contributed by atoms with Gasteiger partial charge in [0, 0.05) is 191 Å². The van der Waals surface area contributed by atoms with Gasteiger partial charge >= 0.3 is 64.8 Å². The minimum atomic E-state index is -2.81. The number of ether oxygens (including phenoxy) is 5. The van der Waals surface area contributed by atoms with Gasteiger partial charge in [-0.1, -0.05) is 140 Å². The molecule has 1 heterocycles. The summed E-state index contributed by atoms with van der Waals surface area (Å²) in [5.41, 5.74) is 2.25. The van der Waals surface area contributed by atoms with E-state index in [0.717, 1.165) is 93.9 Å². The van der Waals surface area contributed by atoms with E-state index in [1.807, 2.05) is 264 Å². The van der Waals surface area contributed by atoms with Crippen LogP contribution in [-0.4, -0.2) is 276 Å². The fourth-order valence-electron chi connectivity index (χ4n) is 15.2. The fourth-order valence-corrected chi connectivity index (χ4v) is 31.4. The van der Waals surface area contributed by atoms with Crippen LogP contribution in [0.5, 0.6) is 0 Å². The third kappa shape index (κ3) is 52.4. The molecular weight excluding hydrogens is 1980 g/mol. The van der Waals surface area contributed by atoms with Crippen molar-refractivity contribution in [3.05, 3.63) is 192 Å². The number of alkyl halides is 1. The molecule has 812 valence electrons. The van der Waals surface area contributed by atoms with E-state index < -0.39 is 71.5 Å². The molecule has 2 unspecified atom stereocenters. The van der Waals surface area contributed by atoms with Crippen molar-refractivity contribution in [1.29, 1.82) is 5.26 Å². The average molecular weight is 2150 g/mol. The lowest BCUT2D eigenvalue weighted by atomic mass is 10.0. The number of hydrogen-bond acceptors (Lipinski definition) is 31. The number of hydrogen-bond donors (Lipinski definition) is 2. The lowest BCUT2D eigenvalue weighted by molar-refractivity contribution is -0.142. The molecule has 0 bridgehead atoms. The Labute approximate surface area is 874 Å². The monoisotopic (exact) mass is 2150 g/mol. The quantitative estimate of drug-likeness (QED) is 0.00680. The first-order valence-corrected chi connectivity index (χ1v) is 63.8. The van der Waals surface area contributed by atoms with E-state index in [1.54, 1.807) is 36.6 Å². The van der Waals surface area contributed by atoms with Gasteiger partial charge in [-0.15, -0.1) is 11.6 Å². The molecule has 0 amide bonds. The number of benzene rings is 8. The van der Waals surface area contributed by atoms with Crippen LogP contribution in [0.2, 0.25) is 36.3 Å². The van der Waals surface area contributed by atoms with Gasteiger partial charge in [0.05, 0.1) is 24.4 Å². The Kier molecular flexibility index (Phi) is 71.7. The molecule has 8 aromatic carbocycles. The second-order valence-electron chi connectivity index (χ2n) is 32.1. The molecule has 145 heavy (non-hydrogen) atoms. The number of carbonyl (C=O) groups excluding carboxylic acids is 5. The molecule has 0 spiro atoms. The van der Waals surface area contributed by atoms with Gasteiger partial charge in [0.2, 0.25) is 0 Å². The van der Waals surface area contributed by atoms with Gasteiger partial charge in [0.1, 0.15) is 26.4 Å². The summed E-state index contributed by atoms with van der Waals surface area (Å²) < 4.78 is 129. The van der Waals surface area contributed by atoms with Crippen molar-refractivity contribution in [2.45, 2.75) is 231 Å². The highest BCUT2D eigenvalue weighted by Gasteiger charge is 2.45. The number of nitriles is 1. The van der Waals surface area contributed by atoms with Crippen LogP contribution in [0.4, 0.5) is 0 Å². The Morgan fingerprint density at radius 2 is 0.634 bits per heavy atom. The zero-order valence-electron chi connectivity index (χ0n) is 89.5. The Morgan fingerprint density at radius 1 is 0.352 bits per heavy atom. The number of Topliss-reactive ketones (excluding diaryl/α,β-unsaturated/α-hetero) is 3. The van der Waals surface area contributed by atoms with Crippen molar-refractivity contribution in [3.8, 4) is 6.26 Å². The molecule has 31 nitrogen and oxygen atoms in total. The lowest BCUT2D eigenvalue weighted by Gasteiger charge is -2.29. The number of aliphatic hydroxyl groups is 2. The summed E-state index contributed by atoms with van der Waals surface area (Å²) in [7, 11) is -15.4. The van der Waals surface area contributed by atoms with Gasteiger partial charge in [-0.2, -0.15) is 5.26 Å². The Bertz CT molecular complexity index is 4750. The van der Waals surface area contributed by atoms with Crippen LogP contribution in [0.25, 0.3) is 43.1 Å². The molecule has 0 saturated carbocycles. The van der Waals surface area contributed by atoms with Gasteiger partial charge in [-0.3, -0.25) is 19.2 Å². The minimum Gasteiger partial charge on any atom is -0.459 e. The lowest BCUT2D eigenvalue weighted by Crippen LogP contribution is -2.46. The van der Waals surface area contributed by atoms with Gasteiger partial charge in [0.15, 0.2) is 24.0 Å². The van der Waals surface area contributed by atoms with Crippen molar-refractivity contribution < 1.29 is 138 Å². The van der Waals surface area contributed by atoms with E-state index in [9.17, 15) is 29.1 Å². The smallest absolute Gasteiger partial charge is 0.459 e. The summed E-state index contributed by atoms with van der Waals surface area (Å²) in [5.74, 6) is -0.653. The van der Waals surface area contributed by atoms with Crippen molar-refractivity contribution in [3.63, 3.8) is 0 Å². The number of ketones is 3. The highest BCUT2D eigenvalue weighted by molar-refractivity contribution is 6.62. The predicted molar refractivity (Wildman–Crippen MR) is 580 cm³/mol. The molecule has 2 atom stereocenters. The van der Waals surface area contributed by atoms with Crippen molar-refractivity contribution in [2.75, 3.05) is 171 Å². The third-order valence-corrected chi connectivity index (χ3v) is 40.5. The average Bonchev–Trinajstić information content (AvgIpc) is 1.83. The maximum atomic E-state index is 12.4. The maximum absolute atomic E-state index is 12.4. The zero-order valence-corrected chi connectivity index (χ0v) is 96.2. The Morgan fingerprint density at radius 3 is 0.952 bits per heavy atom. The zero-order chi connectivity index (χ0) is 107. The van der Waals surface area contributed by atoms with E-state index in [4.69, 9.17) is 121 Å². The molecule has 38 heteroatoms. The number of epoxide rings is 1. The summed E-state index contributed by atoms with van der Waals surface area (Å²) in [6.07, 6.45) is 7.80. The van der Waals surface area contributed by atoms with Crippen molar-refractivity contribution >= 4 is 137 Å². The van der Waals surface area contributed by atoms with E-state index in [1.165, 1.54) is 0 Å². The number of esters is 2. The topological polar surface area (TPSA) is 365 Å².